The van der Waals surface area contributed by atoms with E-state index in [-0.39, 0.29) is 5.91 Å². The number of hydrogen-bond acceptors (Lipinski definition) is 4. The molecule has 32 heavy (non-hydrogen) atoms. The van der Waals surface area contributed by atoms with E-state index >= 15 is 0 Å². The van der Waals surface area contributed by atoms with Crippen LogP contribution in [0.3, 0.4) is 0 Å². The SMILES string of the molecule is Cc1ccc2nc(C3CC3)cc(C(=O)NCc3ccc(CN4CCN(C)CC4)cc3)c2c1. The molecule has 2 aromatic carbocycles. The molecule has 1 aliphatic carbocycles. The van der Waals surface area contributed by atoms with Gasteiger partial charge in [0.2, 0.25) is 0 Å². The lowest BCUT2D eigenvalue weighted by Crippen LogP contribution is -2.43. The van der Waals surface area contributed by atoms with Crippen LogP contribution in [0.4, 0.5) is 0 Å². The molecule has 1 aliphatic heterocycles. The van der Waals surface area contributed by atoms with Crippen LogP contribution in [0, 0.1) is 6.92 Å². The fraction of sp³-hybridized carbons (Fsp3) is 0.407. The first-order valence-electron chi connectivity index (χ1n) is 11.7. The number of nitrogens with zero attached hydrogens (tertiary/aromatic N) is 3. The molecular weight excluding hydrogens is 396 g/mol. The van der Waals surface area contributed by atoms with Crippen molar-refractivity contribution in [2.24, 2.45) is 0 Å². The van der Waals surface area contributed by atoms with Crippen molar-refractivity contribution in [2.45, 2.75) is 38.8 Å². The minimum Gasteiger partial charge on any atom is -0.348 e. The van der Waals surface area contributed by atoms with Gasteiger partial charge in [0.05, 0.1) is 11.1 Å². The molecule has 0 spiro atoms. The maximum absolute atomic E-state index is 13.1. The van der Waals surface area contributed by atoms with Crippen molar-refractivity contribution in [1.29, 1.82) is 0 Å². The number of hydrogen-bond donors (Lipinski definition) is 1. The Labute approximate surface area is 190 Å². The number of carbonyl (C=O) groups is 1. The van der Waals surface area contributed by atoms with Gasteiger partial charge in [0.15, 0.2) is 0 Å². The Kier molecular flexibility index (Phi) is 5.94. The van der Waals surface area contributed by atoms with E-state index in [1.54, 1.807) is 0 Å². The Balaban J connectivity index is 1.25. The zero-order valence-corrected chi connectivity index (χ0v) is 19.1. The number of benzene rings is 2. The topological polar surface area (TPSA) is 48.5 Å². The van der Waals surface area contributed by atoms with Crippen LogP contribution < -0.4 is 5.32 Å². The number of pyridine rings is 1. The number of piperazine rings is 1. The van der Waals surface area contributed by atoms with E-state index in [1.165, 1.54) is 18.4 Å². The summed E-state index contributed by atoms with van der Waals surface area (Å²) in [6.45, 7) is 8.09. The first-order chi connectivity index (χ1) is 15.5. The highest BCUT2D eigenvalue weighted by Gasteiger charge is 2.27. The molecule has 0 atom stereocenters. The second kappa shape index (κ2) is 9.00. The van der Waals surface area contributed by atoms with Gasteiger partial charge in [-0.3, -0.25) is 14.7 Å². The molecule has 0 radical (unpaired) electrons. The standard InChI is InChI=1S/C27H32N4O/c1-19-3-10-25-23(15-19)24(16-26(29-25)22-8-9-22)27(32)28-17-20-4-6-21(7-5-20)18-31-13-11-30(2)12-14-31/h3-7,10,15-16,22H,8-9,11-14,17-18H2,1-2H3,(H,28,32). The molecule has 1 aromatic heterocycles. The molecule has 3 aromatic rings. The predicted octanol–water partition coefficient (Wildman–Crippen LogP) is 4.10. The predicted molar refractivity (Wildman–Crippen MR) is 129 cm³/mol. The van der Waals surface area contributed by atoms with Crippen LogP contribution in [0.1, 0.15) is 51.5 Å². The number of aromatic nitrogens is 1. The molecule has 2 heterocycles. The van der Waals surface area contributed by atoms with E-state index in [1.807, 2.05) is 12.1 Å². The van der Waals surface area contributed by atoms with E-state index < -0.39 is 0 Å². The second-order valence-electron chi connectivity index (χ2n) is 9.47. The first kappa shape index (κ1) is 21.1. The third-order valence-electron chi connectivity index (χ3n) is 6.70. The summed E-state index contributed by atoms with van der Waals surface area (Å²) in [5.41, 5.74) is 6.31. The Hall–Kier alpha value is -2.76. The van der Waals surface area contributed by atoms with Crippen molar-refractivity contribution in [1.82, 2.24) is 20.1 Å². The number of nitrogens with one attached hydrogen (secondary N) is 1. The summed E-state index contributed by atoms with van der Waals surface area (Å²) in [7, 11) is 2.18. The average Bonchev–Trinajstić information content (AvgIpc) is 3.65. The van der Waals surface area contributed by atoms with Gasteiger partial charge in [-0.1, -0.05) is 35.9 Å². The summed E-state index contributed by atoms with van der Waals surface area (Å²) in [6, 6.07) is 16.8. The Morgan fingerprint density at radius 3 is 2.44 bits per heavy atom. The molecule has 0 unspecified atom stereocenters. The van der Waals surface area contributed by atoms with Crippen molar-refractivity contribution in [3.63, 3.8) is 0 Å². The molecule has 1 amide bonds. The smallest absolute Gasteiger partial charge is 0.252 e. The van der Waals surface area contributed by atoms with Gasteiger partial charge < -0.3 is 10.2 Å². The van der Waals surface area contributed by atoms with Crippen LogP contribution in [0.15, 0.2) is 48.5 Å². The van der Waals surface area contributed by atoms with Gasteiger partial charge >= 0.3 is 0 Å². The molecule has 0 bridgehead atoms. The number of fused-ring (bicyclic) bond motifs is 1. The van der Waals surface area contributed by atoms with E-state index in [4.69, 9.17) is 4.98 Å². The van der Waals surface area contributed by atoms with Crippen LogP contribution in [0.25, 0.3) is 10.9 Å². The third-order valence-corrected chi connectivity index (χ3v) is 6.70. The van der Waals surface area contributed by atoms with Crippen molar-refractivity contribution in [2.75, 3.05) is 33.2 Å². The molecule has 1 saturated heterocycles. The maximum atomic E-state index is 13.1. The van der Waals surface area contributed by atoms with Gasteiger partial charge in [-0.15, -0.1) is 0 Å². The van der Waals surface area contributed by atoms with E-state index in [9.17, 15) is 4.79 Å². The van der Waals surface area contributed by atoms with Crippen LogP contribution >= 0.6 is 0 Å². The number of amides is 1. The van der Waals surface area contributed by atoms with Crippen molar-refractivity contribution < 1.29 is 4.79 Å². The highest BCUT2D eigenvalue weighted by molar-refractivity contribution is 6.06. The summed E-state index contributed by atoms with van der Waals surface area (Å²) in [5.74, 6) is 0.492. The number of aryl methyl sites for hydroxylation is 1. The minimum atomic E-state index is -0.0218. The zero-order valence-electron chi connectivity index (χ0n) is 19.1. The first-order valence-corrected chi connectivity index (χ1v) is 11.7. The molecular formula is C27H32N4O. The van der Waals surface area contributed by atoms with Gasteiger partial charge in [0.25, 0.3) is 5.91 Å². The van der Waals surface area contributed by atoms with Crippen molar-refractivity contribution >= 4 is 16.8 Å². The zero-order chi connectivity index (χ0) is 22.1. The lowest BCUT2D eigenvalue weighted by Gasteiger charge is -2.32. The quantitative estimate of drug-likeness (QED) is 0.642. The summed E-state index contributed by atoms with van der Waals surface area (Å²) in [6.07, 6.45) is 2.35. The molecule has 5 nitrogen and oxygen atoms in total. The largest absolute Gasteiger partial charge is 0.348 e. The lowest BCUT2D eigenvalue weighted by atomic mass is 10.0. The van der Waals surface area contributed by atoms with E-state index in [0.717, 1.165) is 66.0 Å². The lowest BCUT2D eigenvalue weighted by molar-refractivity contribution is 0.0952. The molecule has 5 rings (SSSR count). The van der Waals surface area contributed by atoms with E-state index in [0.29, 0.717) is 12.5 Å². The number of carbonyl (C=O) groups excluding carboxylic acids is 1. The van der Waals surface area contributed by atoms with Crippen LogP contribution in [0.5, 0.6) is 0 Å². The fourth-order valence-electron chi connectivity index (χ4n) is 4.44. The van der Waals surface area contributed by atoms with Crippen LogP contribution in [0.2, 0.25) is 0 Å². The van der Waals surface area contributed by atoms with Crippen molar-refractivity contribution in [3.05, 3.63) is 76.5 Å². The highest BCUT2D eigenvalue weighted by Crippen LogP contribution is 2.40. The molecule has 5 heteroatoms. The molecule has 1 saturated carbocycles. The summed E-state index contributed by atoms with van der Waals surface area (Å²) < 4.78 is 0. The van der Waals surface area contributed by atoms with Gasteiger partial charge in [-0.2, -0.15) is 0 Å². The maximum Gasteiger partial charge on any atom is 0.252 e. The molecule has 1 N–H and O–H groups in total. The minimum absolute atomic E-state index is 0.0218. The van der Waals surface area contributed by atoms with Gasteiger partial charge in [0, 0.05) is 56.3 Å². The summed E-state index contributed by atoms with van der Waals surface area (Å²) >= 11 is 0. The second-order valence-corrected chi connectivity index (χ2v) is 9.47. The fourth-order valence-corrected chi connectivity index (χ4v) is 4.44. The molecule has 2 aliphatic rings. The van der Waals surface area contributed by atoms with Crippen molar-refractivity contribution in [3.8, 4) is 0 Å². The Bertz CT molecular complexity index is 1110. The monoisotopic (exact) mass is 428 g/mol. The van der Waals surface area contributed by atoms with Crippen LogP contribution in [-0.4, -0.2) is 53.9 Å². The van der Waals surface area contributed by atoms with Gasteiger partial charge in [-0.25, -0.2) is 0 Å². The third kappa shape index (κ3) is 4.84. The van der Waals surface area contributed by atoms with Gasteiger partial charge in [0.1, 0.15) is 0 Å². The Morgan fingerprint density at radius 2 is 1.72 bits per heavy atom. The highest BCUT2D eigenvalue weighted by atomic mass is 16.1. The normalized spacial score (nSPS) is 17.6. The van der Waals surface area contributed by atoms with E-state index in [2.05, 4.69) is 65.5 Å². The summed E-state index contributed by atoms with van der Waals surface area (Å²) in [5, 5.41) is 4.08. The summed E-state index contributed by atoms with van der Waals surface area (Å²) in [4.78, 5) is 22.8. The number of likely N-dealkylation sites (N-methyl/N-ethyl adjacent to an activating group) is 1. The Morgan fingerprint density at radius 1 is 1.00 bits per heavy atom. The number of rotatable bonds is 6. The molecule has 166 valence electrons. The molecule has 2 fully saturated rings. The van der Waals surface area contributed by atoms with Gasteiger partial charge in [-0.05, 0) is 56.1 Å². The average molecular weight is 429 g/mol. The van der Waals surface area contributed by atoms with Crippen LogP contribution in [-0.2, 0) is 13.1 Å².